The molecule has 0 aromatic heterocycles. The van der Waals surface area contributed by atoms with Gasteiger partial charge in [0, 0.05) is 15.3 Å². The van der Waals surface area contributed by atoms with Crippen molar-refractivity contribution in [2.24, 2.45) is 5.73 Å². The van der Waals surface area contributed by atoms with Gasteiger partial charge in [0.1, 0.15) is 0 Å². The van der Waals surface area contributed by atoms with E-state index in [0.29, 0.717) is 10.7 Å². The number of primary amides is 1. The lowest BCUT2D eigenvalue weighted by Gasteiger charge is -2.17. The number of amides is 2. The summed E-state index contributed by atoms with van der Waals surface area (Å²) in [7, 11) is 0. The monoisotopic (exact) mass is 415 g/mol. The third-order valence-corrected chi connectivity index (χ3v) is 3.97. The molecule has 2 amide bonds. The molecule has 21 heavy (non-hydrogen) atoms. The Morgan fingerprint density at radius 2 is 1.90 bits per heavy atom. The van der Waals surface area contributed by atoms with Crippen LogP contribution >= 0.6 is 34.2 Å². The van der Waals surface area contributed by atoms with Crippen molar-refractivity contribution >= 4 is 51.6 Å². The highest BCUT2D eigenvalue weighted by Gasteiger charge is 2.08. The second kappa shape index (κ2) is 7.00. The Kier molecular flexibility index (Phi) is 5.30. The van der Waals surface area contributed by atoms with E-state index in [9.17, 15) is 4.79 Å². The van der Waals surface area contributed by atoms with Crippen LogP contribution in [0.5, 0.6) is 0 Å². The van der Waals surface area contributed by atoms with E-state index in [4.69, 9.17) is 17.3 Å². The van der Waals surface area contributed by atoms with Crippen molar-refractivity contribution in [3.8, 4) is 0 Å². The zero-order valence-corrected chi connectivity index (χ0v) is 14.3. The predicted octanol–water partition coefficient (Wildman–Crippen LogP) is 4.61. The van der Waals surface area contributed by atoms with Gasteiger partial charge in [0.15, 0.2) is 0 Å². The maximum atomic E-state index is 10.8. The van der Waals surface area contributed by atoms with Crippen LogP contribution in [-0.2, 0) is 0 Å². The first-order valence-corrected chi connectivity index (χ1v) is 7.79. The third-order valence-electron chi connectivity index (χ3n) is 2.98. The van der Waals surface area contributed by atoms with Gasteiger partial charge in [-0.15, -0.1) is 0 Å². The lowest BCUT2D eigenvalue weighted by Crippen LogP contribution is -2.19. The molecule has 0 aliphatic rings. The van der Waals surface area contributed by atoms with Crippen molar-refractivity contribution < 1.29 is 4.79 Å². The number of rotatable bonds is 4. The maximum Gasteiger partial charge on any atom is 0.316 e. The van der Waals surface area contributed by atoms with Gasteiger partial charge in [0.25, 0.3) is 0 Å². The van der Waals surface area contributed by atoms with Crippen molar-refractivity contribution in [1.29, 1.82) is 0 Å². The van der Waals surface area contributed by atoms with Crippen LogP contribution in [0.3, 0.4) is 0 Å². The molecule has 2 aromatic carbocycles. The summed E-state index contributed by atoms with van der Waals surface area (Å²) in [6.45, 7) is 2.05. The summed E-state index contributed by atoms with van der Waals surface area (Å²) < 4.78 is 1.10. The minimum atomic E-state index is -0.570. The van der Waals surface area contributed by atoms with E-state index < -0.39 is 6.03 Å². The second-order valence-corrected chi connectivity index (χ2v) is 6.25. The molecule has 2 aromatic rings. The Bertz CT molecular complexity index is 646. The lowest BCUT2D eigenvalue weighted by atomic mass is 10.1. The van der Waals surface area contributed by atoms with Gasteiger partial charge >= 0.3 is 6.03 Å². The van der Waals surface area contributed by atoms with Gasteiger partial charge in [0.2, 0.25) is 0 Å². The highest BCUT2D eigenvalue weighted by molar-refractivity contribution is 14.1. The van der Waals surface area contributed by atoms with E-state index in [1.807, 2.05) is 49.4 Å². The first-order valence-electron chi connectivity index (χ1n) is 6.33. The number of urea groups is 1. The van der Waals surface area contributed by atoms with E-state index in [2.05, 4.69) is 33.2 Å². The van der Waals surface area contributed by atoms with Gasteiger partial charge in [-0.1, -0.05) is 23.7 Å². The first-order chi connectivity index (χ1) is 9.95. The number of nitrogens with two attached hydrogens (primary N) is 1. The smallest absolute Gasteiger partial charge is 0.316 e. The van der Waals surface area contributed by atoms with Crippen molar-refractivity contribution in [2.75, 3.05) is 10.6 Å². The molecule has 6 heteroatoms. The number of nitrogens with one attached hydrogen (secondary N) is 2. The number of hydrogen-bond donors (Lipinski definition) is 3. The molecule has 0 fully saturated rings. The van der Waals surface area contributed by atoms with E-state index in [1.165, 1.54) is 0 Å². The van der Waals surface area contributed by atoms with Crippen LogP contribution in [0.2, 0.25) is 5.02 Å². The van der Waals surface area contributed by atoms with E-state index in [-0.39, 0.29) is 6.04 Å². The van der Waals surface area contributed by atoms with Crippen LogP contribution in [0.25, 0.3) is 0 Å². The summed E-state index contributed by atoms with van der Waals surface area (Å²) in [6.07, 6.45) is 0. The maximum absolute atomic E-state index is 10.8. The van der Waals surface area contributed by atoms with Gasteiger partial charge < -0.3 is 16.4 Å². The molecule has 4 N–H and O–H groups in total. The average Bonchev–Trinajstić information content (AvgIpc) is 2.42. The summed E-state index contributed by atoms with van der Waals surface area (Å²) in [4.78, 5) is 10.8. The highest BCUT2D eigenvalue weighted by atomic mass is 127. The largest absolute Gasteiger partial charge is 0.377 e. The number of anilines is 2. The van der Waals surface area contributed by atoms with Crippen molar-refractivity contribution in [2.45, 2.75) is 13.0 Å². The zero-order valence-electron chi connectivity index (χ0n) is 11.4. The summed E-state index contributed by atoms with van der Waals surface area (Å²) in [5.74, 6) is 0. The van der Waals surface area contributed by atoms with Crippen LogP contribution in [-0.4, -0.2) is 6.03 Å². The normalized spacial score (nSPS) is 11.8. The third kappa shape index (κ3) is 4.50. The lowest BCUT2D eigenvalue weighted by molar-refractivity contribution is 0.259. The number of halogens is 2. The van der Waals surface area contributed by atoms with Crippen LogP contribution in [0.1, 0.15) is 18.5 Å². The van der Waals surface area contributed by atoms with Crippen LogP contribution < -0.4 is 16.4 Å². The molecule has 0 heterocycles. The summed E-state index contributed by atoms with van der Waals surface area (Å²) in [5, 5.41) is 6.59. The van der Waals surface area contributed by atoms with Gasteiger partial charge in [-0.25, -0.2) is 4.79 Å². The topological polar surface area (TPSA) is 67.2 Å². The molecule has 110 valence electrons. The van der Waals surface area contributed by atoms with Crippen molar-refractivity contribution in [1.82, 2.24) is 0 Å². The molecule has 0 saturated carbocycles. The van der Waals surface area contributed by atoms with Gasteiger partial charge in [0.05, 0.1) is 10.7 Å². The standard InChI is InChI=1S/C15H15ClIN3O/c1-9(19-14-7-4-11(17)8-13(14)16)10-2-5-12(6-3-10)20-15(18)21/h2-9,19H,1H3,(H3,18,20,21). The van der Waals surface area contributed by atoms with Crippen molar-refractivity contribution in [3.63, 3.8) is 0 Å². The fourth-order valence-corrected chi connectivity index (χ4v) is 2.83. The van der Waals surface area contributed by atoms with Crippen LogP contribution in [0.15, 0.2) is 42.5 Å². The van der Waals surface area contributed by atoms with Crippen LogP contribution in [0, 0.1) is 3.57 Å². The Hall–Kier alpha value is -1.47. The Morgan fingerprint density at radius 3 is 2.48 bits per heavy atom. The average molecular weight is 416 g/mol. The van der Waals surface area contributed by atoms with E-state index in [0.717, 1.165) is 14.8 Å². The molecule has 0 spiro atoms. The molecule has 4 nitrogen and oxygen atoms in total. The van der Waals surface area contributed by atoms with E-state index >= 15 is 0 Å². The Labute approximate surface area is 142 Å². The number of carbonyl (C=O) groups is 1. The fraction of sp³-hybridized carbons (Fsp3) is 0.133. The summed E-state index contributed by atoms with van der Waals surface area (Å²) in [5.41, 5.74) is 7.72. The Morgan fingerprint density at radius 1 is 1.24 bits per heavy atom. The quantitative estimate of drug-likeness (QED) is 0.639. The molecule has 2 rings (SSSR count). The van der Waals surface area contributed by atoms with Crippen molar-refractivity contribution in [3.05, 3.63) is 56.6 Å². The molecular formula is C15H15ClIN3O. The molecule has 0 aliphatic carbocycles. The molecule has 0 radical (unpaired) electrons. The zero-order chi connectivity index (χ0) is 15.4. The minimum Gasteiger partial charge on any atom is -0.377 e. The molecule has 0 saturated heterocycles. The SMILES string of the molecule is CC(Nc1ccc(I)cc1Cl)c1ccc(NC(N)=O)cc1. The van der Waals surface area contributed by atoms with Gasteiger partial charge in [-0.3, -0.25) is 0 Å². The molecule has 0 aliphatic heterocycles. The molecule has 1 atom stereocenters. The minimum absolute atomic E-state index is 0.0881. The number of hydrogen-bond acceptors (Lipinski definition) is 2. The molecule has 0 bridgehead atoms. The molecular weight excluding hydrogens is 401 g/mol. The van der Waals surface area contributed by atoms with Gasteiger partial charge in [-0.2, -0.15) is 0 Å². The Balaban J connectivity index is 2.09. The summed E-state index contributed by atoms with van der Waals surface area (Å²) in [6, 6.07) is 12.9. The second-order valence-electron chi connectivity index (χ2n) is 4.60. The van der Waals surface area contributed by atoms with Gasteiger partial charge in [-0.05, 0) is 65.4 Å². The number of carbonyl (C=O) groups excluding carboxylic acids is 1. The number of benzene rings is 2. The molecule has 1 unspecified atom stereocenters. The fourth-order valence-electron chi connectivity index (χ4n) is 1.92. The van der Waals surface area contributed by atoms with Crippen LogP contribution in [0.4, 0.5) is 16.2 Å². The summed E-state index contributed by atoms with van der Waals surface area (Å²) >= 11 is 8.44. The highest BCUT2D eigenvalue weighted by Crippen LogP contribution is 2.28. The first kappa shape index (κ1) is 15.9. The predicted molar refractivity (Wildman–Crippen MR) is 95.9 cm³/mol. The van der Waals surface area contributed by atoms with E-state index in [1.54, 1.807) is 0 Å².